The van der Waals surface area contributed by atoms with Crippen LogP contribution in [0.25, 0.3) is 10.9 Å². The topological polar surface area (TPSA) is 102 Å². The molecule has 1 aliphatic rings. The molecule has 0 saturated carbocycles. The number of hydrogen-bond donors (Lipinski definition) is 1. The second kappa shape index (κ2) is 9.70. The van der Waals surface area contributed by atoms with Gasteiger partial charge >= 0.3 is 5.97 Å². The molecule has 0 spiro atoms. The van der Waals surface area contributed by atoms with Crippen molar-refractivity contribution in [3.63, 3.8) is 0 Å². The van der Waals surface area contributed by atoms with Crippen LogP contribution in [0.1, 0.15) is 54.6 Å². The zero-order chi connectivity index (χ0) is 23.6. The highest BCUT2D eigenvalue weighted by atomic mass is 32.2. The van der Waals surface area contributed by atoms with Gasteiger partial charge in [-0.05, 0) is 68.9 Å². The molecule has 1 aromatic carbocycles. The van der Waals surface area contributed by atoms with Crippen molar-refractivity contribution in [1.82, 2.24) is 9.71 Å². The second-order valence-electron chi connectivity index (χ2n) is 8.32. The van der Waals surface area contributed by atoms with E-state index < -0.39 is 16.0 Å². The number of nitrogens with zero attached hydrogens (tertiary/aromatic N) is 1. The lowest BCUT2D eigenvalue weighted by molar-refractivity contribution is 0.0476. The maximum Gasteiger partial charge on any atom is 0.339 e. The molecule has 7 nitrogen and oxygen atoms in total. The maximum absolute atomic E-state index is 13.2. The third-order valence-electron chi connectivity index (χ3n) is 5.63. The predicted octanol–water partition coefficient (Wildman–Crippen LogP) is 3.61. The van der Waals surface area contributed by atoms with Crippen molar-refractivity contribution in [2.75, 3.05) is 19.4 Å². The number of hydrogen-bond acceptors (Lipinski definition) is 7. The average Bonchev–Trinajstić information content (AvgIpc) is 3.24. The number of aryl methyl sites for hydroxylation is 2. The smallest absolute Gasteiger partial charge is 0.339 e. The number of aromatic nitrogens is 1. The number of Topliss-reactive ketones (excluding diaryl/α,β-unsaturated/α-hetero) is 1. The third kappa shape index (κ3) is 5.66. The molecule has 0 fully saturated rings. The van der Waals surface area contributed by atoms with E-state index >= 15 is 0 Å². The number of ether oxygens (including phenoxy) is 1. The SMILES string of the molecule is Cc1ccc2nc3c(c(C(=O)OCC(=O)c4ccc(CCNS(C)(=O)=O)s4)c2c1)CCCC3. The molecule has 2 aromatic heterocycles. The number of pyridine rings is 1. The number of sulfonamides is 1. The van der Waals surface area contributed by atoms with E-state index in [0.717, 1.165) is 64.5 Å². The van der Waals surface area contributed by atoms with Gasteiger partial charge in [-0.1, -0.05) is 11.6 Å². The summed E-state index contributed by atoms with van der Waals surface area (Å²) in [6, 6.07) is 9.32. The number of benzene rings is 1. The third-order valence-corrected chi connectivity index (χ3v) is 7.54. The quantitative estimate of drug-likeness (QED) is 0.385. The molecule has 9 heteroatoms. The fraction of sp³-hybridized carbons (Fsp3) is 0.375. The Bertz CT molecular complexity index is 1330. The van der Waals surface area contributed by atoms with Gasteiger partial charge in [0.1, 0.15) is 0 Å². The van der Waals surface area contributed by atoms with Crippen LogP contribution in [0.15, 0.2) is 30.3 Å². The van der Waals surface area contributed by atoms with Gasteiger partial charge in [0.25, 0.3) is 0 Å². The predicted molar refractivity (Wildman–Crippen MR) is 129 cm³/mol. The Hall–Kier alpha value is -2.62. The monoisotopic (exact) mass is 486 g/mol. The molecular weight excluding hydrogens is 460 g/mol. The Morgan fingerprint density at radius 1 is 1.15 bits per heavy atom. The minimum atomic E-state index is -3.25. The largest absolute Gasteiger partial charge is 0.454 e. The molecule has 0 radical (unpaired) electrons. The van der Waals surface area contributed by atoms with Gasteiger partial charge in [-0.3, -0.25) is 9.78 Å². The van der Waals surface area contributed by atoms with Crippen molar-refractivity contribution in [2.45, 2.75) is 39.0 Å². The normalized spacial score (nSPS) is 13.6. The van der Waals surface area contributed by atoms with Crippen LogP contribution in [0, 0.1) is 6.92 Å². The van der Waals surface area contributed by atoms with Gasteiger partial charge < -0.3 is 4.74 Å². The van der Waals surface area contributed by atoms with Gasteiger partial charge in [-0.25, -0.2) is 17.9 Å². The standard InChI is InChI=1S/C24H26N2O5S2/c1-15-7-9-20-18(13-15)23(17-5-3-4-6-19(17)26-20)24(28)31-14-21(27)22-10-8-16(32-22)11-12-25-33(2,29)30/h7-10,13,25H,3-6,11-12,14H2,1-2H3. The van der Waals surface area contributed by atoms with E-state index in [0.29, 0.717) is 16.9 Å². The number of thiophene rings is 1. The summed E-state index contributed by atoms with van der Waals surface area (Å²) in [6.07, 6.45) is 5.25. The fourth-order valence-electron chi connectivity index (χ4n) is 4.07. The summed E-state index contributed by atoms with van der Waals surface area (Å²) < 4.78 is 30.3. The zero-order valence-corrected chi connectivity index (χ0v) is 20.3. The molecule has 4 rings (SSSR count). The van der Waals surface area contributed by atoms with Crippen LogP contribution in [-0.4, -0.2) is 44.6 Å². The van der Waals surface area contributed by atoms with Crippen molar-refractivity contribution >= 4 is 44.0 Å². The van der Waals surface area contributed by atoms with E-state index in [1.165, 1.54) is 11.3 Å². The Labute approximate surface area is 197 Å². The van der Waals surface area contributed by atoms with Crippen molar-refractivity contribution < 1.29 is 22.7 Å². The number of ketones is 1. The Morgan fingerprint density at radius 3 is 2.73 bits per heavy atom. The minimum absolute atomic E-state index is 0.265. The average molecular weight is 487 g/mol. The van der Waals surface area contributed by atoms with Gasteiger partial charge in [0.15, 0.2) is 6.61 Å². The first kappa shape index (κ1) is 23.5. The summed E-state index contributed by atoms with van der Waals surface area (Å²) in [5, 5.41) is 0.768. The molecule has 0 amide bonds. The lowest BCUT2D eigenvalue weighted by atomic mass is 9.89. The van der Waals surface area contributed by atoms with Crippen molar-refractivity contribution in [3.05, 3.63) is 62.5 Å². The van der Waals surface area contributed by atoms with Gasteiger partial charge in [0.2, 0.25) is 15.8 Å². The van der Waals surface area contributed by atoms with Crippen LogP contribution < -0.4 is 4.72 Å². The molecule has 0 unspecified atom stereocenters. The molecule has 1 aliphatic carbocycles. The first-order valence-electron chi connectivity index (χ1n) is 10.9. The summed E-state index contributed by atoms with van der Waals surface area (Å²) in [7, 11) is -3.25. The summed E-state index contributed by atoms with van der Waals surface area (Å²) >= 11 is 1.28. The number of esters is 1. The van der Waals surface area contributed by atoms with Crippen molar-refractivity contribution in [3.8, 4) is 0 Å². The van der Waals surface area contributed by atoms with E-state index in [-0.39, 0.29) is 18.9 Å². The highest BCUT2D eigenvalue weighted by Gasteiger charge is 2.24. The zero-order valence-electron chi connectivity index (χ0n) is 18.6. The van der Waals surface area contributed by atoms with Crippen LogP contribution in [0.5, 0.6) is 0 Å². The van der Waals surface area contributed by atoms with E-state index in [2.05, 4.69) is 4.72 Å². The van der Waals surface area contributed by atoms with E-state index in [4.69, 9.17) is 9.72 Å². The van der Waals surface area contributed by atoms with Gasteiger partial charge in [-0.15, -0.1) is 11.3 Å². The first-order chi connectivity index (χ1) is 15.7. The van der Waals surface area contributed by atoms with Gasteiger partial charge in [-0.2, -0.15) is 0 Å². The Morgan fingerprint density at radius 2 is 1.94 bits per heavy atom. The molecule has 0 bridgehead atoms. The maximum atomic E-state index is 13.2. The molecule has 1 N–H and O–H groups in total. The van der Waals surface area contributed by atoms with E-state index in [1.54, 1.807) is 12.1 Å². The van der Waals surface area contributed by atoms with E-state index in [9.17, 15) is 18.0 Å². The molecule has 2 heterocycles. The molecule has 174 valence electrons. The number of rotatable bonds is 8. The lowest BCUT2D eigenvalue weighted by Crippen LogP contribution is -2.24. The number of carbonyl (C=O) groups is 2. The van der Waals surface area contributed by atoms with Crippen LogP contribution >= 0.6 is 11.3 Å². The highest BCUT2D eigenvalue weighted by Crippen LogP contribution is 2.30. The Kier molecular flexibility index (Phi) is 6.92. The molecule has 0 saturated heterocycles. The van der Waals surface area contributed by atoms with Crippen LogP contribution in [0.3, 0.4) is 0 Å². The fourth-order valence-corrected chi connectivity index (χ4v) is 5.47. The van der Waals surface area contributed by atoms with Crippen LogP contribution in [-0.2, 0) is 34.0 Å². The van der Waals surface area contributed by atoms with Crippen LogP contribution in [0.2, 0.25) is 0 Å². The molecular formula is C24H26N2O5S2. The van der Waals surface area contributed by atoms with Crippen LogP contribution in [0.4, 0.5) is 0 Å². The Balaban J connectivity index is 1.48. The molecule has 0 atom stereocenters. The van der Waals surface area contributed by atoms with Crippen molar-refractivity contribution in [2.24, 2.45) is 0 Å². The molecule has 33 heavy (non-hydrogen) atoms. The second-order valence-corrected chi connectivity index (χ2v) is 11.3. The van der Waals surface area contributed by atoms with Gasteiger partial charge in [0, 0.05) is 22.5 Å². The molecule has 3 aromatic rings. The summed E-state index contributed by atoms with van der Waals surface area (Å²) in [5.74, 6) is -0.771. The summed E-state index contributed by atoms with van der Waals surface area (Å²) in [6.45, 7) is 1.89. The number of nitrogens with one attached hydrogen (secondary N) is 1. The van der Waals surface area contributed by atoms with Gasteiger partial charge in [0.05, 0.1) is 22.2 Å². The molecule has 0 aliphatic heterocycles. The lowest BCUT2D eigenvalue weighted by Gasteiger charge is -2.20. The van der Waals surface area contributed by atoms with E-state index in [1.807, 2.05) is 25.1 Å². The highest BCUT2D eigenvalue weighted by molar-refractivity contribution is 7.88. The first-order valence-corrected chi connectivity index (χ1v) is 13.6. The van der Waals surface area contributed by atoms with Crippen molar-refractivity contribution in [1.29, 1.82) is 0 Å². The summed E-state index contributed by atoms with van der Waals surface area (Å²) in [4.78, 5) is 31.9. The minimum Gasteiger partial charge on any atom is -0.454 e. The number of fused-ring (bicyclic) bond motifs is 2. The summed E-state index contributed by atoms with van der Waals surface area (Å²) in [5.41, 5.74) is 4.21. The number of carbonyl (C=O) groups excluding carboxylic acids is 2.